The van der Waals surface area contributed by atoms with Crippen LogP contribution in [-0.2, 0) is 4.74 Å². The summed E-state index contributed by atoms with van der Waals surface area (Å²) in [6, 6.07) is 12.6. The van der Waals surface area contributed by atoms with Crippen LogP contribution in [0.4, 0.5) is 17.3 Å². The van der Waals surface area contributed by atoms with E-state index in [9.17, 15) is 0 Å². The highest BCUT2D eigenvalue weighted by molar-refractivity contribution is 7.99. The van der Waals surface area contributed by atoms with Crippen LogP contribution in [0.25, 0.3) is 0 Å². The number of nitrogens with one attached hydrogen (secondary N) is 1. The predicted molar refractivity (Wildman–Crippen MR) is 119 cm³/mol. The fourth-order valence-electron chi connectivity index (χ4n) is 3.44. The average Bonchev–Trinajstić information content (AvgIpc) is 2.75. The van der Waals surface area contributed by atoms with Crippen LogP contribution in [-0.4, -0.2) is 62.1 Å². The second-order valence-electron chi connectivity index (χ2n) is 7.05. The van der Waals surface area contributed by atoms with Crippen molar-refractivity contribution in [3.8, 4) is 0 Å². The summed E-state index contributed by atoms with van der Waals surface area (Å²) >= 11 is 2.01. The maximum atomic E-state index is 5.51. The Labute approximate surface area is 171 Å². The number of pyridine rings is 1. The molecule has 7 heteroatoms. The standard InChI is InChI=1S/C21H27N5OS/c1-17-3-2-4-18(13-17)16-22-24-20-14-19(25-5-9-27-10-6-25)15-21(23-20)26-7-11-28-12-8-26/h2-4,13-16H,5-12H2,1H3,(H,23,24)/b22-16+. The summed E-state index contributed by atoms with van der Waals surface area (Å²) in [6.45, 7) is 7.52. The molecule has 2 fully saturated rings. The lowest BCUT2D eigenvalue weighted by atomic mass is 10.2. The van der Waals surface area contributed by atoms with Gasteiger partial charge < -0.3 is 14.5 Å². The van der Waals surface area contributed by atoms with Gasteiger partial charge in [0, 0.05) is 55.5 Å². The number of ether oxygens (including phenoxy) is 1. The number of thioether (sulfide) groups is 1. The van der Waals surface area contributed by atoms with Crippen LogP contribution < -0.4 is 15.2 Å². The Morgan fingerprint density at radius 2 is 1.89 bits per heavy atom. The molecule has 148 valence electrons. The zero-order valence-corrected chi connectivity index (χ0v) is 17.1. The lowest BCUT2D eigenvalue weighted by Crippen LogP contribution is -2.37. The monoisotopic (exact) mass is 397 g/mol. The fraction of sp³-hybridized carbons (Fsp3) is 0.429. The van der Waals surface area contributed by atoms with Gasteiger partial charge in [-0.3, -0.25) is 5.43 Å². The van der Waals surface area contributed by atoms with Crippen LogP contribution in [0.2, 0.25) is 0 Å². The molecule has 1 aromatic carbocycles. The first-order valence-electron chi connectivity index (χ1n) is 9.81. The predicted octanol–water partition coefficient (Wildman–Crippen LogP) is 3.23. The average molecular weight is 398 g/mol. The number of morpholine rings is 1. The van der Waals surface area contributed by atoms with Gasteiger partial charge in [-0.25, -0.2) is 4.98 Å². The van der Waals surface area contributed by atoms with Gasteiger partial charge in [0.2, 0.25) is 0 Å². The van der Waals surface area contributed by atoms with E-state index in [1.807, 2.05) is 30.1 Å². The molecule has 0 bridgehead atoms. The minimum atomic E-state index is 0.770. The number of hydrogen-bond donors (Lipinski definition) is 1. The van der Waals surface area contributed by atoms with Crippen molar-refractivity contribution in [3.63, 3.8) is 0 Å². The summed E-state index contributed by atoms with van der Waals surface area (Å²) in [4.78, 5) is 9.57. The summed E-state index contributed by atoms with van der Waals surface area (Å²) in [6.07, 6.45) is 1.84. The van der Waals surface area contributed by atoms with Crippen molar-refractivity contribution in [2.75, 3.05) is 66.1 Å². The fourth-order valence-corrected chi connectivity index (χ4v) is 4.34. The van der Waals surface area contributed by atoms with Crippen LogP contribution in [0.5, 0.6) is 0 Å². The summed E-state index contributed by atoms with van der Waals surface area (Å²) in [5.41, 5.74) is 6.62. The van der Waals surface area contributed by atoms with Crippen LogP contribution in [0, 0.1) is 6.92 Å². The van der Waals surface area contributed by atoms with E-state index in [1.54, 1.807) is 0 Å². The Morgan fingerprint density at radius 1 is 1.07 bits per heavy atom. The molecule has 28 heavy (non-hydrogen) atoms. The molecule has 2 aliphatic heterocycles. The third kappa shape index (κ3) is 4.97. The maximum absolute atomic E-state index is 5.51. The number of rotatable bonds is 5. The second-order valence-corrected chi connectivity index (χ2v) is 8.28. The summed E-state index contributed by atoms with van der Waals surface area (Å²) in [7, 11) is 0. The minimum Gasteiger partial charge on any atom is -0.378 e. The normalized spacial score (nSPS) is 17.9. The highest BCUT2D eigenvalue weighted by atomic mass is 32.2. The third-order valence-electron chi connectivity index (χ3n) is 4.94. The number of anilines is 3. The molecule has 1 N–H and O–H groups in total. The number of aryl methyl sites for hydroxylation is 1. The summed E-state index contributed by atoms with van der Waals surface area (Å²) in [5.74, 6) is 4.11. The molecule has 2 saturated heterocycles. The smallest absolute Gasteiger partial charge is 0.150 e. The Hall–Kier alpha value is -2.25. The van der Waals surface area contributed by atoms with Gasteiger partial charge in [0.05, 0.1) is 19.4 Å². The molecule has 2 aromatic rings. The molecule has 0 unspecified atom stereocenters. The van der Waals surface area contributed by atoms with E-state index in [4.69, 9.17) is 9.72 Å². The lowest BCUT2D eigenvalue weighted by molar-refractivity contribution is 0.122. The molecule has 0 spiro atoms. The maximum Gasteiger partial charge on any atom is 0.150 e. The van der Waals surface area contributed by atoms with Crippen molar-refractivity contribution < 1.29 is 4.74 Å². The molecule has 3 heterocycles. The van der Waals surface area contributed by atoms with Crippen LogP contribution >= 0.6 is 11.8 Å². The van der Waals surface area contributed by atoms with Crippen molar-refractivity contribution in [2.24, 2.45) is 5.10 Å². The Morgan fingerprint density at radius 3 is 2.68 bits per heavy atom. The molecule has 0 radical (unpaired) electrons. The van der Waals surface area contributed by atoms with E-state index in [1.165, 1.54) is 11.3 Å². The molecule has 2 aliphatic rings. The first-order valence-corrected chi connectivity index (χ1v) is 11.0. The number of hydrogen-bond acceptors (Lipinski definition) is 7. The first-order chi connectivity index (χ1) is 13.8. The van der Waals surface area contributed by atoms with E-state index in [0.29, 0.717) is 0 Å². The van der Waals surface area contributed by atoms with Gasteiger partial charge in [0.25, 0.3) is 0 Å². The Bertz CT molecular complexity index is 780. The largest absolute Gasteiger partial charge is 0.378 e. The molecule has 6 nitrogen and oxygen atoms in total. The molecule has 4 rings (SSSR count). The van der Waals surface area contributed by atoms with Gasteiger partial charge in [-0.05, 0) is 12.5 Å². The van der Waals surface area contributed by atoms with E-state index in [-0.39, 0.29) is 0 Å². The highest BCUT2D eigenvalue weighted by Crippen LogP contribution is 2.27. The zero-order valence-electron chi connectivity index (χ0n) is 16.3. The molecule has 0 amide bonds. The molecular formula is C21H27N5OS. The van der Waals surface area contributed by atoms with Gasteiger partial charge >= 0.3 is 0 Å². The summed E-state index contributed by atoms with van der Waals surface area (Å²) in [5, 5.41) is 4.42. The van der Waals surface area contributed by atoms with Crippen molar-refractivity contribution in [2.45, 2.75) is 6.92 Å². The molecular weight excluding hydrogens is 370 g/mol. The van der Waals surface area contributed by atoms with E-state index in [2.05, 4.69) is 51.5 Å². The molecule has 0 aliphatic carbocycles. The van der Waals surface area contributed by atoms with Crippen LogP contribution in [0.3, 0.4) is 0 Å². The van der Waals surface area contributed by atoms with Gasteiger partial charge in [0.15, 0.2) is 5.82 Å². The number of aromatic nitrogens is 1. The molecule has 0 atom stereocenters. The molecule has 1 aromatic heterocycles. The molecule has 0 saturated carbocycles. The SMILES string of the molecule is Cc1cccc(/C=N/Nc2cc(N3CCOCC3)cc(N3CCSCC3)n2)c1. The number of nitrogens with zero attached hydrogens (tertiary/aromatic N) is 4. The number of hydrazone groups is 1. The van der Waals surface area contributed by atoms with Crippen molar-refractivity contribution in [3.05, 3.63) is 47.5 Å². The van der Waals surface area contributed by atoms with Gasteiger partial charge in [0.1, 0.15) is 5.82 Å². The van der Waals surface area contributed by atoms with Crippen molar-refractivity contribution in [1.82, 2.24) is 4.98 Å². The zero-order chi connectivity index (χ0) is 19.2. The second kappa shape index (κ2) is 9.30. The van der Waals surface area contributed by atoms with E-state index >= 15 is 0 Å². The van der Waals surface area contributed by atoms with E-state index < -0.39 is 0 Å². The summed E-state index contributed by atoms with van der Waals surface area (Å²) < 4.78 is 5.51. The minimum absolute atomic E-state index is 0.770. The quantitative estimate of drug-likeness (QED) is 0.618. The van der Waals surface area contributed by atoms with Gasteiger partial charge in [-0.1, -0.05) is 29.8 Å². The highest BCUT2D eigenvalue weighted by Gasteiger charge is 2.17. The van der Waals surface area contributed by atoms with Gasteiger partial charge in [-0.2, -0.15) is 16.9 Å². The first kappa shape index (κ1) is 19.1. The van der Waals surface area contributed by atoms with Crippen molar-refractivity contribution in [1.29, 1.82) is 0 Å². The number of benzene rings is 1. The topological polar surface area (TPSA) is 53.0 Å². The lowest BCUT2D eigenvalue weighted by Gasteiger charge is -2.32. The van der Waals surface area contributed by atoms with Gasteiger partial charge in [-0.15, -0.1) is 0 Å². The van der Waals surface area contributed by atoms with E-state index in [0.717, 1.165) is 68.1 Å². The van der Waals surface area contributed by atoms with Crippen LogP contribution in [0.15, 0.2) is 41.5 Å². The van der Waals surface area contributed by atoms with Crippen LogP contribution in [0.1, 0.15) is 11.1 Å². The third-order valence-corrected chi connectivity index (χ3v) is 5.89. The Kier molecular flexibility index (Phi) is 6.34. The Balaban J connectivity index is 1.55. The van der Waals surface area contributed by atoms with Crippen molar-refractivity contribution >= 4 is 35.3 Å².